The molecule has 4 nitrogen and oxygen atoms in total. The van der Waals surface area contributed by atoms with Gasteiger partial charge in [-0.1, -0.05) is 26.7 Å². The summed E-state index contributed by atoms with van der Waals surface area (Å²) in [6, 6.07) is 0.624. The molecule has 0 aromatic carbocycles. The molecule has 1 N–H and O–H groups in total. The number of aromatic nitrogens is 2. The predicted molar refractivity (Wildman–Crippen MR) is 80.6 cm³/mol. The van der Waals surface area contributed by atoms with Gasteiger partial charge in [0.25, 0.3) is 0 Å². The molecule has 112 valence electrons. The molecule has 0 unspecified atom stereocenters. The Morgan fingerprint density at radius 3 is 2.80 bits per heavy atom. The number of nitrogens with one attached hydrogen (secondary N) is 1. The maximum atomic E-state index is 11.7. The summed E-state index contributed by atoms with van der Waals surface area (Å²) >= 11 is 0. The van der Waals surface area contributed by atoms with Crippen LogP contribution in [0.3, 0.4) is 0 Å². The predicted octanol–water partition coefficient (Wildman–Crippen LogP) is 3.01. The van der Waals surface area contributed by atoms with E-state index in [-0.39, 0.29) is 5.91 Å². The molecule has 0 radical (unpaired) electrons. The smallest absolute Gasteiger partial charge is 0.220 e. The van der Waals surface area contributed by atoms with Crippen LogP contribution in [-0.2, 0) is 11.2 Å². The lowest BCUT2D eigenvalue weighted by atomic mass is 10.1. The fraction of sp³-hybridized carbons (Fsp3) is 0.750. The maximum absolute atomic E-state index is 11.7. The Morgan fingerprint density at radius 1 is 1.45 bits per heavy atom. The number of aryl methyl sites for hydroxylation is 1. The molecular formula is C16H27N3O. The van der Waals surface area contributed by atoms with E-state index in [0.29, 0.717) is 24.9 Å². The summed E-state index contributed by atoms with van der Waals surface area (Å²) in [5.41, 5.74) is 1.25. The van der Waals surface area contributed by atoms with Gasteiger partial charge in [0.05, 0.1) is 0 Å². The highest BCUT2D eigenvalue weighted by Gasteiger charge is 2.21. The van der Waals surface area contributed by atoms with Crippen molar-refractivity contribution in [2.24, 2.45) is 5.92 Å². The molecule has 1 fully saturated rings. The first-order chi connectivity index (χ1) is 9.58. The first-order valence-electron chi connectivity index (χ1n) is 7.87. The molecule has 1 aromatic heterocycles. The van der Waals surface area contributed by atoms with Crippen LogP contribution in [0.4, 0.5) is 0 Å². The lowest BCUT2D eigenvalue weighted by Crippen LogP contribution is -2.27. The molecular weight excluding hydrogens is 250 g/mol. The molecule has 0 saturated heterocycles. The van der Waals surface area contributed by atoms with E-state index in [1.165, 1.54) is 31.4 Å². The molecule has 20 heavy (non-hydrogen) atoms. The third-order valence-corrected chi connectivity index (χ3v) is 4.01. The summed E-state index contributed by atoms with van der Waals surface area (Å²) in [7, 11) is 0. The van der Waals surface area contributed by atoms with Gasteiger partial charge in [-0.25, -0.2) is 4.98 Å². The molecule has 1 aliphatic carbocycles. The van der Waals surface area contributed by atoms with Gasteiger partial charge in [0.15, 0.2) is 0 Å². The zero-order valence-electron chi connectivity index (χ0n) is 13.0. The van der Waals surface area contributed by atoms with Gasteiger partial charge in [0, 0.05) is 37.3 Å². The van der Waals surface area contributed by atoms with Crippen molar-refractivity contribution in [2.45, 2.75) is 65.3 Å². The Bertz CT molecular complexity index is 445. The highest BCUT2D eigenvalue weighted by atomic mass is 16.1. The van der Waals surface area contributed by atoms with Gasteiger partial charge in [-0.2, -0.15) is 0 Å². The lowest BCUT2D eigenvalue weighted by Gasteiger charge is -2.17. The van der Waals surface area contributed by atoms with Gasteiger partial charge in [0.1, 0.15) is 5.82 Å². The van der Waals surface area contributed by atoms with Crippen LogP contribution in [0.1, 0.15) is 63.5 Å². The molecule has 4 heteroatoms. The van der Waals surface area contributed by atoms with Crippen molar-refractivity contribution in [2.75, 3.05) is 6.54 Å². The van der Waals surface area contributed by atoms with Gasteiger partial charge in [-0.05, 0) is 25.7 Å². The van der Waals surface area contributed by atoms with Gasteiger partial charge in [-0.3, -0.25) is 4.79 Å². The van der Waals surface area contributed by atoms with Crippen molar-refractivity contribution in [3.8, 4) is 0 Å². The van der Waals surface area contributed by atoms with Crippen molar-refractivity contribution in [3.05, 3.63) is 17.7 Å². The van der Waals surface area contributed by atoms with Crippen molar-refractivity contribution in [1.82, 2.24) is 14.9 Å². The van der Waals surface area contributed by atoms with Crippen molar-refractivity contribution in [3.63, 3.8) is 0 Å². The molecule has 0 aliphatic heterocycles. The summed E-state index contributed by atoms with van der Waals surface area (Å²) in [5.74, 6) is 1.69. The van der Waals surface area contributed by atoms with E-state index in [1.807, 2.05) is 6.20 Å². The van der Waals surface area contributed by atoms with Crippen molar-refractivity contribution in [1.29, 1.82) is 0 Å². The molecule has 1 heterocycles. The molecule has 0 atom stereocenters. The zero-order chi connectivity index (χ0) is 14.5. The van der Waals surface area contributed by atoms with Crippen LogP contribution in [0.25, 0.3) is 0 Å². The number of carbonyl (C=O) groups excluding carboxylic acids is 1. The van der Waals surface area contributed by atoms with E-state index in [0.717, 1.165) is 12.2 Å². The highest BCUT2D eigenvalue weighted by Crippen LogP contribution is 2.31. The van der Waals surface area contributed by atoms with Gasteiger partial charge in [0.2, 0.25) is 5.91 Å². The Kier molecular flexibility index (Phi) is 5.21. The van der Waals surface area contributed by atoms with Crippen LogP contribution in [-0.4, -0.2) is 22.0 Å². The summed E-state index contributed by atoms with van der Waals surface area (Å²) < 4.78 is 2.39. The molecule has 1 aliphatic rings. The van der Waals surface area contributed by atoms with Crippen molar-refractivity contribution < 1.29 is 4.79 Å². The number of nitrogens with zero attached hydrogens (tertiary/aromatic N) is 2. The number of hydrogen-bond donors (Lipinski definition) is 1. The number of carbonyl (C=O) groups is 1. The van der Waals surface area contributed by atoms with E-state index in [9.17, 15) is 4.79 Å². The normalized spacial score (nSPS) is 16.0. The second kappa shape index (κ2) is 6.91. The minimum Gasteiger partial charge on any atom is -0.356 e. The number of amides is 1. The second-order valence-corrected chi connectivity index (χ2v) is 6.32. The SMILES string of the molecule is Cc1cnc(CCNC(=O)CC(C)C)n1C1CCCC1. The van der Waals surface area contributed by atoms with E-state index in [2.05, 4.69) is 35.6 Å². The number of rotatable bonds is 6. The zero-order valence-corrected chi connectivity index (χ0v) is 13.0. The van der Waals surface area contributed by atoms with Gasteiger partial charge < -0.3 is 9.88 Å². The van der Waals surface area contributed by atoms with E-state index < -0.39 is 0 Å². The Morgan fingerprint density at radius 2 is 2.15 bits per heavy atom. The summed E-state index contributed by atoms with van der Waals surface area (Å²) in [5, 5.41) is 3.00. The third-order valence-electron chi connectivity index (χ3n) is 4.01. The maximum Gasteiger partial charge on any atom is 0.220 e. The molecule has 2 rings (SSSR count). The molecule has 0 bridgehead atoms. The fourth-order valence-corrected chi connectivity index (χ4v) is 3.10. The number of imidazole rings is 1. The van der Waals surface area contributed by atoms with E-state index in [4.69, 9.17) is 0 Å². The average Bonchev–Trinajstić information content (AvgIpc) is 2.98. The Balaban J connectivity index is 1.88. The largest absolute Gasteiger partial charge is 0.356 e. The van der Waals surface area contributed by atoms with E-state index >= 15 is 0 Å². The molecule has 1 saturated carbocycles. The minimum absolute atomic E-state index is 0.149. The lowest BCUT2D eigenvalue weighted by molar-refractivity contribution is -0.121. The first-order valence-corrected chi connectivity index (χ1v) is 7.87. The van der Waals surface area contributed by atoms with Crippen LogP contribution in [0.2, 0.25) is 0 Å². The third kappa shape index (κ3) is 3.84. The van der Waals surface area contributed by atoms with Crippen LogP contribution >= 0.6 is 0 Å². The summed E-state index contributed by atoms with van der Waals surface area (Å²) in [4.78, 5) is 16.2. The van der Waals surface area contributed by atoms with Crippen LogP contribution < -0.4 is 5.32 Å². The van der Waals surface area contributed by atoms with Gasteiger partial charge in [-0.15, -0.1) is 0 Å². The second-order valence-electron chi connectivity index (χ2n) is 6.32. The number of hydrogen-bond acceptors (Lipinski definition) is 2. The molecule has 1 aromatic rings. The Hall–Kier alpha value is -1.32. The fourth-order valence-electron chi connectivity index (χ4n) is 3.10. The summed E-state index contributed by atoms with van der Waals surface area (Å²) in [6.07, 6.45) is 8.58. The Labute approximate surface area is 122 Å². The monoisotopic (exact) mass is 277 g/mol. The highest BCUT2D eigenvalue weighted by molar-refractivity contribution is 5.76. The first kappa shape index (κ1) is 15.1. The van der Waals surface area contributed by atoms with Crippen LogP contribution in [0, 0.1) is 12.8 Å². The van der Waals surface area contributed by atoms with Gasteiger partial charge >= 0.3 is 0 Å². The van der Waals surface area contributed by atoms with Crippen molar-refractivity contribution >= 4 is 5.91 Å². The molecule has 0 spiro atoms. The quantitative estimate of drug-likeness (QED) is 0.869. The topological polar surface area (TPSA) is 46.9 Å². The van der Waals surface area contributed by atoms with Crippen LogP contribution in [0.5, 0.6) is 0 Å². The molecule has 1 amide bonds. The minimum atomic E-state index is 0.149. The van der Waals surface area contributed by atoms with E-state index in [1.54, 1.807) is 0 Å². The average molecular weight is 277 g/mol. The standard InChI is InChI=1S/C16H27N3O/c1-12(2)10-16(20)17-9-8-15-18-11-13(3)19(15)14-6-4-5-7-14/h11-12,14H,4-10H2,1-3H3,(H,17,20). The summed E-state index contributed by atoms with van der Waals surface area (Å²) in [6.45, 7) is 6.95. The van der Waals surface area contributed by atoms with Crippen LogP contribution in [0.15, 0.2) is 6.20 Å².